The lowest BCUT2D eigenvalue weighted by Gasteiger charge is -2.05. The first-order valence-electron chi connectivity index (χ1n) is 6.39. The van der Waals surface area contributed by atoms with Gasteiger partial charge in [0.1, 0.15) is 0 Å². The fourth-order valence-corrected chi connectivity index (χ4v) is 1.71. The molecule has 3 amide bonds. The number of hydrogen-bond donors (Lipinski definition) is 3. The second-order valence-electron chi connectivity index (χ2n) is 4.58. The molecule has 21 heavy (non-hydrogen) atoms. The first-order valence-corrected chi connectivity index (χ1v) is 7.18. The van der Waals surface area contributed by atoms with Crippen molar-refractivity contribution in [3.8, 4) is 0 Å². The van der Waals surface area contributed by atoms with Gasteiger partial charge in [0.25, 0.3) is 5.91 Å². The zero-order valence-electron chi connectivity index (χ0n) is 11.1. The van der Waals surface area contributed by atoms with E-state index in [-0.39, 0.29) is 6.04 Å². The van der Waals surface area contributed by atoms with Gasteiger partial charge in [-0.3, -0.25) is 25.2 Å². The van der Waals surface area contributed by atoms with Gasteiger partial charge >= 0.3 is 11.8 Å². The van der Waals surface area contributed by atoms with E-state index in [1.165, 1.54) is 6.08 Å². The molecule has 0 heterocycles. The zero-order chi connectivity index (χ0) is 15.2. The highest BCUT2D eigenvalue weighted by Crippen LogP contribution is 2.18. The maximum atomic E-state index is 11.5. The van der Waals surface area contributed by atoms with Crippen molar-refractivity contribution in [1.29, 1.82) is 0 Å². The minimum absolute atomic E-state index is 0.0938. The van der Waals surface area contributed by atoms with E-state index < -0.39 is 17.7 Å². The molecule has 6 nitrogen and oxygen atoms in total. The topological polar surface area (TPSA) is 87.3 Å². The van der Waals surface area contributed by atoms with E-state index in [1.54, 1.807) is 6.08 Å². The molecule has 1 aliphatic carbocycles. The number of benzene rings is 1. The van der Waals surface area contributed by atoms with Crippen LogP contribution in [-0.4, -0.2) is 23.8 Å². The van der Waals surface area contributed by atoms with Crippen LogP contribution in [0.15, 0.2) is 34.8 Å². The van der Waals surface area contributed by atoms with Crippen molar-refractivity contribution in [2.24, 2.45) is 0 Å². The Morgan fingerprint density at radius 1 is 1.05 bits per heavy atom. The van der Waals surface area contributed by atoms with Crippen molar-refractivity contribution in [2.45, 2.75) is 18.9 Å². The second kappa shape index (κ2) is 7.03. The van der Waals surface area contributed by atoms with Crippen LogP contribution in [0, 0.1) is 0 Å². The summed E-state index contributed by atoms with van der Waals surface area (Å²) in [5.41, 5.74) is 5.03. The number of hydrazine groups is 1. The zero-order valence-corrected chi connectivity index (χ0v) is 12.6. The van der Waals surface area contributed by atoms with Gasteiger partial charge in [-0.2, -0.15) is 0 Å². The highest BCUT2D eigenvalue weighted by atomic mass is 79.9. The van der Waals surface area contributed by atoms with Crippen LogP contribution in [0.4, 0.5) is 0 Å². The molecule has 0 atom stereocenters. The summed E-state index contributed by atoms with van der Waals surface area (Å²) >= 11 is 3.31. The lowest BCUT2D eigenvalue weighted by molar-refractivity contribution is -0.140. The molecular formula is C14H14BrN3O3. The van der Waals surface area contributed by atoms with Gasteiger partial charge in [-0.15, -0.1) is 0 Å². The third-order valence-electron chi connectivity index (χ3n) is 2.72. The number of hydrogen-bond acceptors (Lipinski definition) is 3. The molecule has 110 valence electrons. The summed E-state index contributed by atoms with van der Waals surface area (Å²) in [6.45, 7) is 0. The third-order valence-corrected chi connectivity index (χ3v) is 3.24. The quantitative estimate of drug-likeness (QED) is 0.429. The van der Waals surface area contributed by atoms with Crippen molar-refractivity contribution in [1.82, 2.24) is 16.2 Å². The molecule has 1 fully saturated rings. The van der Waals surface area contributed by atoms with Gasteiger partial charge in [0.15, 0.2) is 0 Å². The van der Waals surface area contributed by atoms with Crippen molar-refractivity contribution < 1.29 is 14.4 Å². The van der Waals surface area contributed by atoms with Gasteiger partial charge in [0, 0.05) is 16.6 Å². The van der Waals surface area contributed by atoms with Gasteiger partial charge in [0.05, 0.1) is 0 Å². The smallest absolute Gasteiger partial charge is 0.327 e. The van der Waals surface area contributed by atoms with Crippen LogP contribution >= 0.6 is 15.9 Å². The van der Waals surface area contributed by atoms with Crippen LogP contribution in [0.1, 0.15) is 18.4 Å². The maximum Gasteiger partial charge on any atom is 0.327 e. The SMILES string of the molecule is O=C(/C=C/c1ccc(Br)cc1)NNC(=O)C(=O)NC1CC1. The lowest BCUT2D eigenvalue weighted by atomic mass is 10.2. The van der Waals surface area contributed by atoms with Crippen LogP contribution < -0.4 is 16.2 Å². The Kier molecular flexibility index (Phi) is 5.10. The van der Waals surface area contributed by atoms with Gasteiger partial charge in [-0.25, -0.2) is 0 Å². The Bertz CT molecular complexity index is 580. The van der Waals surface area contributed by atoms with E-state index in [0.717, 1.165) is 22.9 Å². The number of carbonyl (C=O) groups excluding carboxylic acids is 3. The van der Waals surface area contributed by atoms with E-state index in [1.807, 2.05) is 24.3 Å². The molecule has 2 rings (SSSR count). The summed E-state index contributed by atoms with van der Waals surface area (Å²) in [6.07, 6.45) is 4.64. The Morgan fingerprint density at radius 2 is 1.71 bits per heavy atom. The molecule has 0 aliphatic heterocycles. The maximum absolute atomic E-state index is 11.5. The minimum atomic E-state index is -0.882. The molecule has 1 aliphatic rings. The average Bonchev–Trinajstić information content (AvgIpc) is 3.28. The van der Waals surface area contributed by atoms with E-state index in [4.69, 9.17) is 0 Å². The molecule has 7 heteroatoms. The average molecular weight is 352 g/mol. The van der Waals surface area contributed by atoms with E-state index in [9.17, 15) is 14.4 Å². The van der Waals surface area contributed by atoms with Crippen LogP contribution in [0.25, 0.3) is 6.08 Å². The Hall–Kier alpha value is -2.15. The number of halogens is 1. The molecule has 0 unspecified atom stereocenters. The number of nitrogens with one attached hydrogen (secondary N) is 3. The van der Waals surface area contributed by atoms with Gasteiger partial charge < -0.3 is 5.32 Å². The molecule has 1 aromatic rings. The van der Waals surface area contributed by atoms with Gasteiger partial charge in [0.2, 0.25) is 0 Å². The van der Waals surface area contributed by atoms with Gasteiger partial charge in [-0.1, -0.05) is 28.1 Å². The lowest BCUT2D eigenvalue weighted by Crippen LogP contribution is -2.48. The van der Waals surface area contributed by atoms with E-state index >= 15 is 0 Å². The summed E-state index contributed by atoms with van der Waals surface area (Å²) in [5.74, 6) is -2.15. The fourth-order valence-electron chi connectivity index (χ4n) is 1.44. The van der Waals surface area contributed by atoms with Crippen molar-refractivity contribution in [3.05, 3.63) is 40.4 Å². The molecule has 0 radical (unpaired) electrons. The fraction of sp³-hybridized carbons (Fsp3) is 0.214. The van der Waals surface area contributed by atoms with E-state index in [2.05, 4.69) is 32.1 Å². The Morgan fingerprint density at radius 3 is 2.33 bits per heavy atom. The second-order valence-corrected chi connectivity index (χ2v) is 5.49. The van der Waals surface area contributed by atoms with E-state index in [0.29, 0.717) is 0 Å². The standard InChI is InChI=1S/C14H14BrN3O3/c15-10-4-1-9(2-5-10)3-8-12(19)17-18-14(21)13(20)16-11-6-7-11/h1-5,8,11H,6-7H2,(H,16,20)(H,17,19)(H,18,21)/b8-3+. The molecular weight excluding hydrogens is 338 g/mol. The minimum Gasteiger partial charge on any atom is -0.345 e. The third kappa shape index (κ3) is 5.39. The summed E-state index contributed by atoms with van der Waals surface area (Å²) < 4.78 is 0.943. The largest absolute Gasteiger partial charge is 0.345 e. The molecule has 0 saturated heterocycles. The van der Waals surface area contributed by atoms with Crippen LogP contribution in [0.5, 0.6) is 0 Å². The number of amides is 3. The summed E-state index contributed by atoms with van der Waals surface area (Å²) in [7, 11) is 0. The monoisotopic (exact) mass is 351 g/mol. The first-order chi connectivity index (χ1) is 10.0. The summed E-state index contributed by atoms with van der Waals surface area (Å²) in [6, 6.07) is 7.45. The van der Waals surface area contributed by atoms with Gasteiger partial charge in [-0.05, 0) is 36.6 Å². The molecule has 0 aromatic heterocycles. The van der Waals surface area contributed by atoms with Crippen molar-refractivity contribution >= 4 is 39.7 Å². The molecule has 0 bridgehead atoms. The Balaban J connectivity index is 1.74. The Labute approximate surface area is 130 Å². The summed E-state index contributed by atoms with van der Waals surface area (Å²) in [5, 5.41) is 2.52. The molecule has 1 saturated carbocycles. The highest BCUT2D eigenvalue weighted by molar-refractivity contribution is 9.10. The highest BCUT2D eigenvalue weighted by Gasteiger charge is 2.26. The van der Waals surface area contributed by atoms with Crippen LogP contribution in [0.3, 0.4) is 0 Å². The van der Waals surface area contributed by atoms with Crippen LogP contribution in [0.2, 0.25) is 0 Å². The van der Waals surface area contributed by atoms with Crippen molar-refractivity contribution in [3.63, 3.8) is 0 Å². The molecule has 0 spiro atoms. The number of rotatable bonds is 3. The predicted molar refractivity (Wildman–Crippen MR) is 80.6 cm³/mol. The van der Waals surface area contributed by atoms with Crippen LogP contribution in [-0.2, 0) is 14.4 Å². The molecule has 3 N–H and O–H groups in total. The first kappa shape index (κ1) is 15.2. The normalized spacial score (nSPS) is 13.8. The van der Waals surface area contributed by atoms with Crippen molar-refractivity contribution in [2.75, 3.05) is 0 Å². The molecule has 1 aromatic carbocycles. The predicted octanol–water partition coefficient (Wildman–Crippen LogP) is 0.888. The summed E-state index contributed by atoms with van der Waals surface area (Å²) in [4.78, 5) is 34.2. The number of carbonyl (C=O) groups is 3.